The van der Waals surface area contributed by atoms with E-state index in [0.717, 1.165) is 18.2 Å². The van der Waals surface area contributed by atoms with E-state index in [1.54, 1.807) is 17.0 Å². The van der Waals surface area contributed by atoms with E-state index >= 15 is 0 Å². The molecule has 2 N–H and O–H groups in total. The van der Waals surface area contributed by atoms with Gasteiger partial charge in [0.25, 0.3) is 0 Å². The van der Waals surface area contributed by atoms with Gasteiger partial charge >= 0.3 is 6.03 Å². The number of benzene rings is 1. The van der Waals surface area contributed by atoms with Crippen LogP contribution in [-0.2, 0) is 0 Å². The molecule has 1 aliphatic rings. The number of hydrogen-bond donors (Lipinski definition) is 2. The molecule has 3 rings (SSSR count). The van der Waals surface area contributed by atoms with Crippen LogP contribution in [-0.4, -0.2) is 75.2 Å². The van der Waals surface area contributed by atoms with E-state index in [9.17, 15) is 4.79 Å². The van der Waals surface area contributed by atoms with Crippen molar-refractivity contribution in [3.05, 3.63) is 24.3 Å². The molecule has 162 valence electrons. The number of rotatable bonds is 7. The van der Waals surface area contributed by atoms with Crippen LogP contribution in [0.5, 0.6) is 17.2 Å². The van der Waals surface area contributed by atoms with Gasteiger partial charge in [0.2, 0.25) is 5.75 Å². The molecule has 0 unspecified atom stereocenters. The number of amides is 2. The van der Waals surface area contributed by atoms with Gasteiger partial charge in [0, 0.05) is 44.9 Å². The Morgan fingerprint density at radius 3 is 2.17 bits per heavy atom. The summed E-state index contributed by atoms with van der Waals surface area (Å²) in [4.78, 5) is 16.6. The number of ether oxygens (including phenoxy) is 3. The van der Waals surface area contributed by atoms with E-state index in [0.29, 0.717) is 49.1 Å². The van der Waals surface area contributed by atoms with Gasteiger partial charge in [0.1, 0.15) is 5.82 Å². The topological polar surface area (TPSA) is 101 Å². The number of anilines is 3. The number of piperazine rings is 1. The number of methoxy groups -OCH3 is 3. The molecule has 0 spiro atoms. The molecule has 0 bridgehead atoms. The molecular weight excluding hydrogens is 388 g/mol. The molecule has 0 radical (unpaired) electrons. The van der Waals surface area contributed by atoms with Crippen molar-refractivity contribution in [2.75, 3.05) is 69.6 Å². The molecule has 30 heavy (non-hydrogen) atoms. The minimum atomic E-state index is -0.183. The number of nitrogens with zero attached hydrogens (tertiary/aromatic N) is 4. The summed E-state index contributed by atoms with van der Waals surface area (Å²) in [6, 6.07) is 7.08. The molecule has 2 heterocycles. The van der Waals surface area contributed by atoms with Crippen LogP contribution >= 0.6 is 0 Å². The Hall–Kier alpha value is -3.43. The molecule has 1 saturated heterocycles. The fourth-order valence-electron chi connectivity index (χ4n) is 3.26. The highest BCUT2D eigenvalue weighted by molar-refractivity contribution is 5.90. The van der Waals surface area contributed by atoms with Crippen LogP contribution in [0.1, 0.15) is 6.92 Å². The molecular formula is C20H28N6O4. The van der Waals surface area contributed by atoms with Crippen LogP contribution in [0.2, 0.25) is 0 Å². The molecule has 2 amide bonds. The van der Waals surface area contributed by atoms with Crippen LogP contribution in [0.25, 0.3) is 0 Å². The summed E-state index contributed by atoms with van der Waals surface area (Å²) >= 11 is 0. The lowest BCUT2D eigenvalue weighted by atomic mass is 10.2. The van der Waals surface area contributed by atoms with Gasteiger partial charge in [-0.3, -0.25) is 0 Å². The van der Waals surface area contributed by atoms with E-state index in [2.05, 4.69) is 25.7 Å². The van der Waals surface area contributed by atoms with Gasteiger partial charge in [-0.2, -0.15) is 0 Å². The number of urea groups is 1. The summed E-state index contributed by atoms with van der Waals surface area (Å²) in [6.45, 7) is 5.32. The maximum Gasteiger partial charge on any atom is 0.321 e. The second-order valence-electron chi connectivity index (χ2n) is 6.63. The van der Waals surface area contributed by atoms with Crippen molar-refractivity contribution in [1.29, 1.82) is 0 Å². The third-order valence-corrected chi connectivity index (χ3v) is 4.82. The highest BCUT2D eigenvalue weighted by Crippen LogP contribution is 2.40. The Morgan fingerprint density at radius 1 is 1.00 bits per heavy atom. The molecule has 10 heteroatoms. The summed E-state index contributed by atoms with van der Waals surface area (Å²) in [6.07, 6.45) is 0. The lowest BCUT2D eigenvalue weighted by molar-refractivity contribution is 0.208. The van der Waals surface area contributed by atoms with Gasteiger partial charge in [-0.25, -0.2) is 4.79 Å². The minimum absolute atomic E-state index is 0.183. The summed E-state index contributed by atoms with van der Waals surface area (Å²) < 4.78 is 16.0. The Kier molecular flexibility index (Phi) is 6.99. The predicted molar refractivity (Wildman–Crippen MR) is 115 cm³/mol. The molecule has 2 aromatic rings. The summed E-state index contributed by atoms with van der Waals surface area (Å²) in [5.74, 6) is 3.01. The van der Waals surface area contributed by atoms with Crippen molar-refractivity contribution in [2.45, 2.75) is 6.92 Å². The Morgan fingerprint density at radius 2 is 1.67 bits per heavy atom. The van der Waals surface area contributed by atoms with Crippen LogP contribution in [0.4, 0.5) is 22.1 Å². The first-order valence-electron chi connectivity index (χ1n) is 9.78. The summed E-state index contributed by atoms with van der Waals surface area (Å²) in [5.41, 5.74) is 0.571. The number of carbonyl (C=O) groups is 1. The highest BCUT2D eigenvalue weighted by Gasteiger charge is 2.23. The molecule has 1 fully saturated rings. The zero-order valence-corrected chi connectivity index (χ0v) is 17.8. The average Bonchev–Trinajstić information content (AvgIpc) is 2.79. The highest BCUT2D eigenvalue weighted by atomic mass is 16.5. The molecule has 0 atom stereocenters. The minimum Gasteiger partial charge on any atom is -0.493 e. The second-order valence-corrected chi connectivity index (χ2v) is 6.63. The Labute approximate surface area is 176 Å². The van der Waals surface area contributed by atoms with Gasteiger partial charge < -0.3 is 34.6 Å². The SMILES string of the molecule is CCNc1ccc(N2CCN(C(=O)Nc3cc(OC)c(OC)c(OC)c3)CC2)nn1. The van der Waals surface area contributed by atoms with Crippen molar-refractivity contribution in [1.82, 2.24) is 15.1 Å². The quantitative estimate of drug-likeness (QED) is 0.709. The van der Waals surface area contributed by atoms with E-state index in [1.165, 1.54) is 21.3 Å². The van der Waals surface area contributed by atoms with E-state index < -0.39 is 0 Å². The van der Waals surface area contributed by atoms with Crippen molar-refractivity contribution >= 4 is 23.4 Å². The number of aromatic nitrogens is 2. The fourth-order valence-corrected chi connectivity index (χ4v) is 3.26. The monoisotopic (exact) mass is 416 g/mol. The Balaban J connectivity index is 1.60. The van der Waals surface area contributed by atoms with Crippen molar-refractivity contribution < 1.29 is 19.0 Å². The molecule has 1 aromatic carbocycles. The number of carbonyl (C=O) groups excluding carboxylic acids is 1. The Bertz CT molecular complexity index is 828. The van der Waals surface area contributed by atoms with Crippen molar-refractivity contribution in [3.8, 4) is 17.2 Å². The van der Waals surface area contributed by atoms with E-state index in [4.69, 9.17) is 14.2 Å². The fraction of sp³-hybridized carbons (Fsp3) is 0.450. The lowest BCUT2D eigenvalue weighted by Crippen LogP contribution is -2.50. The van der Waals surface area contributed by atoms with Crippen LogP contribution in [0, 0.1) is 0 Å². The van der Waals surface area contributed by atoms with Gasteiger partial charge in [-0.15, -0.1) is 10.2 Å². The van der Waals surface area contributed by atoms with Crippen LogP contribution in [0.15, 0.2) is 24.3 Å². The summed E-state index contributed by atoms with van der Waals surface area (Å²) in [7, 11) is 4.61. The molecule has 1 aromatic heterocycles. The first-order chi connectivity index (χ1) is 14.6. The largest absolute Gasteiger partial charge is 0.493 e. The molecule has 0 saturated carbocycles. The smallest absolute Gasteiger partial charge is 0.321 e. The predicted octanol–water partition coefficient (Wildman–Crippen LogP) is 2.29. The third kappa shape index (κ3) is 4.76. The molecule has 0 aliphatic carbocycles. The van der Waals surface area contributed by atoms with Gasteiger partial charge in [-0.1, -0.05) is 0 Å². The normalized spacial score (nSPS) is 13.6. The first kappa shape index (κ1) is 21.3. The maximum atomic E-state index is 12.7. The van der Waals surface area contributed by atoms with Crippen molar-refractivity contribution in [3.63, 3.8) is 0 Å². The zero-order chi connectivity index (χ0) is 21.5. The maximum absolute atomic E-state index is 12.7. The van der Waals surface area contributed by atoms with E-state index in [1.807, 2.05) is 19.1 Å². The van der Waals surface area contributed by atoms with Crippen LogP contribution < -0.4 is 29.7 Å². The van der Waals surface area contributed by atoms with Crippen LogP contribution in [0.3, 0.4) is 0 Å². The molecule has 10 nitrogen and oxygen atoms in total. The number of hydrogen-bond acceptors (Lipinski definition) is 8. The molecule has 1 aliphatic heterocycles. The number of nitrogens with one attached hydrogen (secondary N) is 2. The van der Waals surface area contributed by atoms with Gasteiger partial charge in [-0.05, 0) is 19.1 Å². The summed E-state index contributed by atoms with van der Waals surface area (Å²) in [5, 5.41) is 14.5. The zero-order valence-electron chi connectivity index (χ0n) is 17.8. The standard InChI is InChI=1S/C20H28N6O4/c1-5-21-17-6-7-18(24-23-17)25-8-10-26(11-9-25)20(27)22-14-12-15(28-2)19(30-4)16(13-14)29-3/h6-7,12-13H,5,8-11H2,1-4H3,(H,21,23)(H,22,27). The van der Waals surface area contributed by atoms with Gasteiger partial charge in [0.05, 0.1) is 27.0 Å². The third-order valence-electron chi connectivity index (χ3n) is 4.82. The first-order valence-corrected chi connectivity index (χ1v) is 9.78. The lowest BCUT2D eigenvalue weighted by Gasteiger charge is -2.35. The average molecular weight is 416 g/mol. The van der Waals surface area contributed by atoms with Crippen molar-refractivity contribution in [2.24, 2.45) is 0 Å². The van der Waals surface area contributed by atoms with Gasteiger partial charge in [0.15, 0.2) is 17.3 Å². The second kappa shape index (κ2) is 9.86. The van der Waals surface area contributed by atoms with E-state index in [-0.39, 0.29) is 6.03 Å².